The van der Waals surface area contributed by atoms with Gasteiger partial charge in [-0.05, 0) is 45.4 Å². The van der Waals surface area contributed by atoms with Crippen molar-refractivity contribution in [1.82, 2.24) is 4.98 Å². The second-order valence-electron chi connectivity index (χ2n) is 10.00. The van der Waals surface area contributed by atoms with Crippen LogP contribution in [0.25, 0.3) is 33.2 Å². The first-order valence-corrected chi connectivity index (χ1v) is 11.8. The van der Waals surface area contributed by atoms with Crippen LogP contribution in [0.1, 0.15) is 50.4 Å². The van der Waals surface area contributed by atoms with Crippen LogP contribution >= 0.6 is 0 Å². The standard InChI is InChI=1S/C32H31N/c1-22(23-11-7-5-8-12-23)31-30(25-13-9-6-10-14-25)28-21-26(17-20-29(28)33-31)24-15-18-27(19-16-24)32(2,3)4/h5-22,33H,1-4H3. The van der Waals surface area contributed by atoms with E-state index in [1.54, 1.807) is 0 Å². The number of aromatic nitrogens is 1. The van der Waals surface area contributed by atoms with E-state index >= 15 is 0 Å². The van der Waals surface area contributed by atoms with E-state index in [2.05, 4.69) is 136 Å². The minimum absolute atomic E-state index is 0.159. The van der Waals surface area contributed by atoms with Gasteiger partial charge >= 0.3 is 0 Å². The number of hydrogen-bond donors (Lipinski definition) is 1. The van der Waals surface area contributed by atoms with Gasteiger partial charge in [-0.15, -0.1) is 0 Å². The van der Waals surface area contributed by atoms with E-state index in [9.17, 15) is 0 Å². The van der Waals surface area contributed by atoms with E-state index in [-0.39, 0.29) is 11.3 Å². The lowest BCUT2D eigenvalue weighted by Gasteiger charge is -2.19. The van der Waals surface area contributed by atoms with Crippen molar-refractivity contribution in [3.05, 3.63) is 120 Å². The summed E-state index contributed by atoms with van der Waals surface area (Å²) in [6.45, 7) is 9.07. The second-order valence-corrected chi connectivity index (χ2v) is 10.00. The van der Waals surface area contributed by atoms with Gasteiger partial charge in [-0.25, -0.2) is 0 Å². The number of hydrogen-bond acceptors (Lipinski definition) is 0. The van der Waals surface area contributed by atoms with Crippen LogP contribution in [0.15, 0.2) is 103 Å². The Balaban J connectivity index is 1.67. The largest absolute Gasteiger partial charge is 0.357 e. The molecule has 164 valence electrons. The van der Waals surface area contributed by atoms with Gasteiger partial charge in [0.05, 0.1) is 0 Å². The Morgan fingerprint density at radius 2 is 1.24 bits per heavy atom. The molecule has 5 aromatic rings. The molecule has 1 atom stereocenters. The van der Waals surface area contributed by atoms with E-state index < -0.39 is 0 Å². The molecule has 4 aromatic carbocycles. The van der Waals surface area contributed by atoms with E-state index in [0.29, 0.717) is 0 Å². The van der Waals surface area contributed by atoms with Crippen molar-refractivity contribution < 1.29 is 0 Å². The van der Waals surface area contributed by atoms with Gasteiger partial charge in [-0.1, -0.05) is 119 Å². The maximum absolute atomic E-state index is 3.77. The predicted molar refractivity (Wildman–Crippen MR) is 142 cm³/mol. The maximum Gasteiger partial charge on any atom is 0.0463 e. The van der Waals surface area contributed by atoms with Crippen molar-refractivity contribution in [1.29, 1.82) is 0 Å². The van der Waals surface area contributed by atoms with E-state index in [1.165, 1.54) is 50.0 Å². The highest BCUT2D eigenvalue weighted by atomic mass is 14.7. The molecule has 1 heterocycles. The van der Waals surface area contributed by atoms with E-state index in [0.717, 1.165) is 0 Å². The smallest absolute Gasteiger partial charge is 0.0463 e. The summed E-state index contributed by atoms with van der Waals surface area (Å²) in [7, 11) is 0. The average Bonchev–Trinajstić information content (AvgIpc) is 3.23. The third kappa shape index (κ3) is 4.12. The first-order chi connectivity index (χ1) is 15.9. The summed E-state index contributed by atoms with van der Waals surface area (Å²) < 4.78 is 0. The molecule has 0 amide bonds. The number of benzene rings is 4. The predicted octanol–water partition coefficient (Wildman–Crippen LogP) is 8.95. The molecule has 0 saturated carbocycles. The zero-order valence-electron chi connectivity index (χ0n) is 19.9. The maximum atomic E-state index is 3.77. The second kappa shape index (κ2) is 8.41. The molecule has 33 heavy (non-hydrogen) atoms. The number of aromatic amines is 1. The van der Waals surface area contributed by atoms with Crippen LogP contribution in [0.4, 0.5) is 0 Å². The number of nitrogens with one attached hydrogen (secondary N) is 1. The molecule has 0 aliphatic heterocycles. The summed E-state index contributed by atoms with van der Waals surface area (Å²) in [4.78, 5) is 3.77. The highest BCUT2D eigenvalue weighted by molar-refractivity contribution is 6.00. The molecule has 0 aliphatic rings. The topological polar surface area (TPSA) is 15.8 Å². The molecule has 5 rings (SSSR count). The Bertz CT molecular complexity index is 1370. The number of H-pyrrole nitrogens is 1. The lowest BCUT2D eigenvalue weighted by Crippen LogP contribution is -2.10. The first kappa shape index (κ1) is 21.3. The molecule has 0 aliphatic carbocycles. The summed E-state index contributed by atoms with van der Waals surface area (Å²) >= 11 is 0. The van der Waals surface area contributed by atoms with Crippen LogP contribution in [-0.4, -0.2) is 4.98 Å². The van der Waals surface area contributed by atoms with Crippen molar-refractivity contribution in [2.45, 2.75) is 39.0 Å². The quantitative estimate of drug-likeness (QED) is 0.293. The Morgan fingerprint density at radius 1 is 0.636 bits per heavy atom. The summed E-state index contributed by atoms with van der Waals surface area (Å²) in [5.74, 6) is 0.267. The first-order valence-electron chi connectivity index (χ1n) is 11.8. The van der Waals surface area contributed by atoms with Gasteiger partial charge < -0.3 is 4.98 Å². The summed E-state index contributed by atoms with van der Waals surface area (Å²) in [5.41, 5.74) is 10.3. The highest BCUT2D eigenvalue weighted by Crippen LogP contribution is 2.40. The Labute approximate surface area is 197 Å². The average molecular weight is 430 g/mol. The lowest BCUT2D eigenvalue weighted by molar-refractivity contribution is 0.590. The minimum atomic E-state index is 0.159. The molecular formula is C32H31N. The highest BCUT2D eigenvalue weighted by Gasteiger charge is 2.20. The molecule has 1 heteroatoms. The van der Waals surface area contributed by atoms with Gasteiger partial charge in [0.1, 0.15) is 0 Å². The van der Waals surface area contributed by atoms with Gasteiger partial charge in [-0.3, -0.25) is 0 Å². The SMILES string of the molecule is CC(c1ccccc1)c1[nH]c2ccc(-c3ccc(C(C)(C)C)cc3)cc2c1-c1ccccc1. The molecular weight excluding hydrogens is 398 g/mol. The van der Waals surface area contributed by atoms with Gasteiger partial charge in [0.25, 0.3) is 0 Å². The molecule has 0 fully saturated rings. The fraction of sp³-hybridized carbons (Fsp3) is 0.188. The van der Waals surface area contributed by atoms with Gasteiger partial charge in [0.15, 0.2) is 0 Å². The molecule has 0 bridgehead atoms. The fourth-order valence-corrected chi connectivity index (χ4v) is 4.70. The van der Waals surface area contributed by atoms with Crippen LogP contribution < -0.4 is 0 Å². The Kier molecular flexibility index (Phi) is 5.42. The van der Waals surface area contributed by atoms with Crippen LogP contribution in [-0.2, 0) is 5.41 Å². The number of fused-ring (bicyclic) bond motifs is 1. The molecule has 1 unspecified atom stereocenters. The van der Waals surface area contributed by atoms with E-state index in [4.69, 9.17) is 0 Å². The van der Waals surface area contributed by atoms with Crippen molar-refractivity contribution >= 4 is 10.9 Å². The van der Waals surface area contributed by atoms with Crippen molar-refractivity contribution in [2.24, 2.45) is 0 Å². The van der Waals surface area contributed by atoms with Crippen LogP contribution in [0.3, 0.4) is 0 Å². The molecule has 1 nitrogen and oxygen atoms in total. The Hall–Kier alpha value is -3.58. The van der Waals surface area contributed by atoms with Crippen LogP contribution in [0.5, 0.6) is 0 Å². The summed E-state index contributed by atoms with van der Waals surface area (Å²) in [5, 5.41) is 1.27. The molecule has 0 saturated heterocycles. The molecule has 0 spiro atoms. The zero-order chi connectivity index (χ0) is 23.0. The van der Waals surface area contributed by atoms with Crippen LogP contribution in [0.2, 0.25) is 0 Å². The Morgan fingerprint density at radius 3 is 1.88 bits per heavy atom. The minimum Gasteiger partial charge on any atom is -0.357 e. The molecule has 1 aromatic heterocycles. The van der Waals surface area contributed by atoms with Gasteiger partial charge in [0.2, 0.25) is 0 Å². The van der Waals surface area contributed by atoms with Crippen molar-refractivity contribution in [2.75, 3.05) is 0 Å². The van der Waals surface area contributed by atoms with Crippen LogP contribution in [0, 0.1) is 0 Å². The fourth-order valence-electron chi connectivity index (χ4n) is 4.70. The van der Waals surface area contributed by atoms with Gasteiger partial charge in [-0.2, -0.15) is 0 Å². The normalized spacial score (nSPS) is 12.7. The van der Waals surface area contributed by atoms with Crippen molar-refractivity contribution in [3.63, 3.8) is 0 Å². The third-order valence-corrected chi connectivity index (χ3v) is 6.71. The van der Waals surface area contributed by atoms with E-state index in [1.807, 2.05) is 0 Å². The zero-order valence-corrected chi connectivity index (χ0v) is 19.9. The van der Waals surface area contributed by atoms with Crippen molar-refractivity contribution in [3.8, 4) is 22.3 Å². The molecule has 0 radical (unpaired) electrons. The summed E-state index contributed by atoms with van der Waals surface area (Å²) in [6.07, 6.45) is 0. The lowest BCUT2D eigenvalue weighted by atomic mass is 9.86. The monoisotopic (exact) mass is 429 g/mol. The number of rotatable bonds is 4. The molecule has 1 N–H and O–H groups in total. The third-order valence-electron chi connectivity index (χ3n) is 6.71. The van der Waals surface area contributed by atoms with Gasteiger partial charge in [0, 0.05) is 28.1 Å². The summed E-state index contributed by atoms with van der Waals surface area (Å²) in [6, 6.07) is 37.4.